The Kier molecular flexibility index (Phi) is 8.29. The zero-order valence-electron chi connectivity index (χ0n) is 21.5. The van der Waals surface area contributed by atoms with Gasteiger partial charge in [0.1, 0.15) is 11.6 Å². The predicted molar refractivity (Wildman–Crippen MR) is 144 cm³/mol. The van der Waals surface area contributed by atoms with Crippen LogP contribution in [0.3, 0.4) is 0 Å². The summed E-state index contributed by atoms with van der Waals surface area (Å²) in [4.78, 5) is 18.1. The first kappa shape index (κ1) is 26.0. The zero-order valence-corrected chi connectivity index (χ0v) is 22.3. The number of thiazole rings is 1. The van der Waals surface area contributed by atoms with Crippen LogP contribution in [0.5, 0.6) is 23.0 Å². The quantitative estimate of drug-likeness (QED) is 0.267. The highest BCUT2D eigenvalue weighted by Gasteiger charge is 2.20. The van der Waals surface area contributed by atoms with E-state index in [0.29, 0.717) is 53.6 Å². The molecule has 2 aromatic heterocycles. The fraction of sp³-hybridized carbons (Fsp3) is 0.296. The summed E-state index contributed by atoms with van der Waals surface area (Å²) in [6.45, 7) is 8.77. The SMILES string of the molecule is CCOc1cc(C(=O)Nc2cc(C)nn2-c2nc(-c3ccc(OC)cc3)cs2)cc(OCC)c1OCC. The van der Waals surface area contributed by atoms with Crippen LogP contribution in [0.2, 0.25) is 0 Å². The maximum absolute atomic E-state index is 13.3. The minimum absolute atomic E-state index is 0.335. The topological polar surface area (TPSA) is 96.7 Å². The van der Waals surface area contributed by atoms with Gasteiger partial charge < -0.3 is 24.3 Å². The van der Waals surface area contributed by atoms with Crippen LogP contribution in [-0.4, -0.2) is 47.6 Å². The van der Waals surface area contributed by atoms with E-state index in [1.54, 1.807) is 30.0 Å². The van der Waals surface area contributed by atoms with E-state index in [9.17, 15) is 4.79 Å². The minimum atomic E-state index is -0.335. The summed E-state index contributed by atoms with van der Waals surface area (Å²) < 4.78 is 24.1. The van der Waals surface area contributed by atoms with Gasteiger partial charge in [0, 0.05) is 22.6 Å². The molecule has 9 nitrogen and oxygen atoms in total. The summed E-state index contributed by atoms with van der Waals surface area (Å²) in [6, 6.07) is 12.8. The summed E-state index contributed by atoms with van der Waals surface area (Å²) in [5.74, 6) is 2.34. The number of hydrogen-bond acceptors (Lipinski definition) is 8. The molecular weight excluding hydrogens is 492 g/mol. The summed E-state index contributed by atoms with van der Waals surface area (Å²) in [7, 11) is 1.63. The van der Waals surface area contributed by atoms with E-state index >= 15 is 0 Å². The average molecular weight is 523 g/mol. The molecule has 2 aromatic carbocycles. The smallest absolute Gasteiger partial charge is 0.257 e. The van der Waals surface area contributed by atoms with Crippen LogP contribution in [0.15, 0.2) is 47.8 Å². The summed E-state index contributed by atoms with van der Waals surface area (Å²) in [6.07, 6.45) is 0. The number of ether oxygens (including phenoxy) is 4. The lowest BCUT2D eigenvalue weighted by Gasteiger charge is -2.17. The van der Waals surface area contributed by atoms with Crippen molar-refractivity contribution in [2.75, 3.05) is 32.2 Å². The number of rotatable bonds is 11. The van der Waals surface area contributed by atoms with E-state index in [0.717, 1.165) is 22.7 Å². The fourth-order valence-electron chi connectivity index (χ4n) is 3.70. The Hall–Kier alpha value is -4.05. The van der Waals surface area contributed by atoms with Gasteiger partial charge >= 0.3 is 0 Å². The van der Waals surface area contributed by atoms with Crippen LogP contribution in [-0.2, 0) is 0 Å². The number of anilines is 1. The molecule has 1 amide bonds. The molecule has 0 saturated heterocycles. The number of carbonyl (C=O) groups excluding carboxylic acids is 1. The molecule has 2 heterocycles. The lowest BCUT2D eigenvalue weighted by atomic mass is 10.1. The van der Waals surface area contributed by atoms with E-state index in [-0.39, 0.29) is 5.91 Å². The lowest BCUT2D eigenvalue weighted by Crippen LogP contribution is -2.16. The van der Waals surface area contributed by atoms with Gasteiger partial charge in [0.15, 0.2) is 11.5 Å². The van der Waals surface area contributed by atoms with Gasteiger partial charge in [0.25, 0.3) is 5.91 Å². The Morgan fingerprint density at radius 3 is 2.22 bits per heavy atom. The standard InChI is InChI=1S/C27H30N4O5S/c1-6-34-22-14-19(15-23(35-7-2)25(22)36-8-3)26(32)29-24-13-17(4)30-31(24)27-28-21(16-37-27)18-9-11-20(33-5)12-10-18/h9-16H,6-8H2,1-5H3,(H,29,32). The molecule has 0 atom stereocenters. The molecule has 0 aliphatic heterocycles. The summed E-state index contributed by atoms with van der Waals surface area (Å²) in [5, 5.41) is 10.1. The molecule has 0 bridgehead atoms. The van der Waals surface area contributed by atoms with Crippen LogP contribution in [0.1, 0.15) is 36.8 Å². The van der Waals surface area contributed by atoms with Crippen LogP contribution in [0.4, 0.5) is 5.82 Å². The van der Waals surface area contributed by atoms with Crippen molar-refractivity contribution >= 4 is 23.1 Å². The molecule has 0 fully saturated rings. The third-order valence-electron chi connectivity index (χ3n) is 5.30. The minimum Gasteiger partial charge on any atom is -0.497 e. The van der Waals surface area contributed by atoms with E-state index in [4.69, 9.17) is 23.9 Å². The van der Waals surface area contributed by atoms with Gasteiger partial charge in [-0.25, -0.2) is 4.98 Å². The third kappa shape index (κ3) is 5.86. The summed E-state index contributed by atoms with van der Waals surface area (Å²) >= 11 is 1.43. The lowest BCUT2D eigenvalue weighted by molar-refractivity contribution is 0.102. The van der Waals surface area contributed by atoms with Gasteiger partial charge in [-0.05, 0) is 64.1 Å². The number of nitrogens with zero attached hydrogens (tertiary/aromatic N) is 3. The molecule has 0 saturated carbocycles. The highest BCUT2D eigenvalue weighted by atomic mass is 32.1. The number of amides is 1. The fourth-order valence-corrected chi connectivity index (χ4v) is 4.49. The van der Waals surface area contributed by atoms with Crippen molar-refractivity contribution in [1.29, 1.82) is 0 Å². The second kappa shape index (κ2) is 11.8. The largest absolute Gasteiger partial charge is 0.497 e. The van der Waals surface area contributed by atoms with Crippen molar-refractivity contribution in [3.05, 3.63) is 59.1 Å². The van der Waals surface area contributed by atoms with Crippen LogP contribution >= 0.6 is 11.3 Å². The normalized spacial score (nSPS) is 10.7. The van der Waals surface area contributed by atoms with Gasteiger partial charge in [0.2, 0.25) is 10.9 Å². The maximum atomic E-state index is 13.3. The molecule has 4 rings (SSSR count). The van der Waals surface area contributed by atoms with Crippen LogP contribution < -0.4 is 24.3 Å². The average Bonchev–Trinajstić information content (AvgIpc) is 3.52. The number of benzene rings is 2. The van der Waals surface area contributed by atoms with Crippen molar-refractivity contribution in [3.63, 3.8) is 0 Å². The highest BCUT2D eigenvalue weighted by Crippen LogP contribution is 2.39. The molecule has 0 radical (unpaired) electrons. The van der Waals surface area contributed by atoms with Gasteiger partial charge in [-0.3, -0.25) is 4.79 Å². The van der Waals surface area contributed by atoms with Gasteiger partial charge in [0.05, 0.1) is 38.3 Å². The number of nitrogens with one attached hydrogen (secondary N) is 1. The summed E-state index contributed by atoms with van der Waals surface area (Å²) in [5.41, 5.74) is 2.88. The molecule has 37 heavy (non-hydrogen) atoms. The maximum Gasteiger partial charge on any atom is 0.257 e. The number of carbonyl (C=O) groups is 1. The Morgan fingerprint density at radius 1 is 0.973 bits per heavy atom. The van der Waals surface area contributed by atoms with Crippen LogP contribution in [0.25, 0.3) is 16.4 Å². The Balaban J connectivity index is 1.63. The van der Waals surface area contributed by atoms with E-state index in [1.165, 1.54) is 11.3 Å². The first-order valence-electron chi connectivity index (χ1n) is 12.0. The molecule has 194 valence electrons. The number of aryl methyl sites for hydroxylation is 1. The van der Waals surface area contributed by atoms with Gasteiger partial charge in [-0.2, -0.15) is 9.78 Å². The first-order valence-corrected chi connectivity index (χ1v) is 12.9. The van der Waals surface area contributed by atoms with Crippen molar-refractivity contribution in [2.45, 2.75) is 27.7 Å². The van der Waals surface area contributed by atoms with Gasteiger partial charge in [-0.15, -0.1) is 11.3 Å². The molecule has 0 aliphatic rings. The first-order chi connectivity index (χ1) is 18.0. The number of aromatic nitrogens is 3. The second-order valence-electron chi connectivity index (χ2n) is 7.88. The van der Waals surface area contributed by atoms with Crippen molar-refractivity contribution in [3.8, 4) is 39.4 Å². The Morgan fingerprint density at radius 2 is 1.62 bits per heavy atom. The van der Waals surface area contributed by atoms with E-state index < -0.39 is 0 Å². The highest BCUT2D eigenvalue weighted by molar-refractivity contribution is 7.12. The van der Waals surface area contributed by atoms with Crippen molar-refractivity contribution < 1.29 is 23.7 Å². The van der Waals surface area contributed by atoms with Crippen molar-refractivity contribution in [2.24, 2.45) is 0 Å². The molecule has 0 unspecified atom stereocenters. The second-order valence-corrected chi connectivity index (χ2v) is 8.72. The Bertz CT molecular complexity index is 1340. The predicted octanol–water partition coefficient (Wildman–Crippen LogP) is 5.76. The number of hydrogen-bond donors (Lipinski definition) is 1. The molecule has 4 aromatic rings. The Labute approximate surface area is 220 Å². The molecule has 0 aliphatic carbocycles. The van der Waals surface area contributed by atoms with Gasteiger partial charge in [-0.1, -0.05) is 0 Å². The monoisotopic (exact) mass is 522 g/mol. The molecule has 10 heteroatoms. The molecular formula is C27H30N4O5S. The van der Waals surface area contributed by atoms with E-state index in [1.807, 2.05) is 57.3 Å². The molecule has 1 N–H and O–H groups in total. The van der Waals surface area contributed by atoms with Crippen LogP contribution in [0, 0.1) is 6.92 Å². The number of methoxy groups -OCH3 is 1. The zero-order chi connectivity index (χ0) is 26.4. The van der Waals surface area contributed by atoms with Crippen molar-refractivity contribution in [1.82, 2.24) is 14.8 Å². The molecule has 0 spiro atoms. The third-order valence-corrected chi connectivity index (χ3v) is 6.12. The van der Waals surface area contributed by atoms with E-state index in [2.05, 4.69) is 10.4 Å².